The molecule has 0 saturated carbocycles. The van der Waals surface area contributed by atoms with Crippen molar-refractivity contribution in [3.8, 4) is 11.5 Å². The summed E-state index contributed by atoms with van der Waals surface area (Å²) in [6, 6.07) is 4.81. The molecule has 0 aliphatic carbocycles. The molecule has 1 fully saturated rings. The van der Waals surface area contributed by atoms with E-state index in [4.69, 9.17) is 9.47 Å². The Labute approximate surface area is 125 Å². The minimum atomic E-state index is -3.17. The van der Waals surface area contributed by atoms with Gasteiger partial charge in [-0.15, -0.1) is 0 Å². The van der Waals surface area contributed by atoms with Crippen LogP contribution in [0.5, 0.6) is 11.5 Å². The maximum atomic E-state index is 11.5. The van der Waals surface area contributed by atoms with Crippen LogP contribution in [0.25, 0.3) is 0 Å². The first-order valence-electron chi connectivity index (χ1n) is 7.00. The molecule has 7 heteroatoms. The van der Waals surface area contributed by atoms with Crippen molar-refractivity contribution in [1.29, 1.82) is 0 Å². The summed E-state index contributed by atoms with van der Waals surface area (Å²) >= 11 is 0. The molecule has 2 N–H and O–H groups in total. The minimum Gasteiger partial charge on any atom is -0.490 e. The summed E-state index contributed by atoms with van der Waals surface area (Å²) < 4.78 is 34.0. The van der Waals surface area contributed by atoms with Crippen LogP contribution in [-0.2, 0) is 9.84 Å². The van der Waals surface area contributed by atoms with Crippen LogP contribution < -0.4 is 14.8 Å². The van der Waals surface area contributed by atoms with Crippen molar-refractivity contribution in [1.82, 2.24) is 0 Å². The van der Waals surface area contributed by atoms with Crippen molar-refractivity contribution in [2.75, 3.05) is 30.0 Å². The zero-order valence-electron chi connectivity index (χ0n) is 12.2. The maximum absolute atomic E-state index is 11.5. The molecule has 2 unspecified atom stereocenters. The van der Waals surface area contributed by atoms with E-state index in [2.05, 4.69) is 5.32 Å². The summed E-state index contributed by atoms with van der Waals surface area (Å²) in [5.41, 5.74) is 0.697. The highest BCUT2D eigenvalue weighted by molar-refractivity contribution is 7.91. The number of ether oxygens (including phenoxy) is 2. The van der Waals surface area contributed by atoms with Gasteiger partial charge in [-0.2, -0.15) is 0 Å². The fourth-order valence-electron chi connectivity index (χ4n) is 2.32. The third-order valence-electron chi connectivity index (χ3n) is 3.22. The van der Waals surface area contributed by atoms with Gasteiger partial charge in [-0.05, 0) is 26.0 Å². The van der Waals surface area contributed by atoms with Gasteiger partial charge in [0.15, 0.2) is 21.3 Å². The van der Waals surface area contributed by atoms with Crippen molar-refractivity contribution in [2.24, 2.45) is 0 Å². The molecule has 2 rings (SSSR count). The molecule has 1 aromatic carbocycles. The number of anilines is 1. The second-order valence-corrected chi connectivity index (χ2v) is 7.08. The number of hydrogen-bond acceptors (Lipinski definition) is 6. The van der Waals surface area contributed by atoms with E-state index in [1.165, 1.54) is 0 Å². The third-order valence-corrected chi connectivity index (χ3v) is 4.93. The Morgan fingerprint density at radius 2 is 1.86 bits per heavy atom. The van der Waals surface area contributed by atoms with Crippen LogP contribution in [0, 0.1) is 0 Å². The molecule has 0 radical (unpaired) electrons. The predicted octanol–water partition coefficient (Wildman–Crippen LogP) is 1.05. The summed E-state index contributed by atoms with van der Waals surface area (Å²) in [6.07, 6.45) is -0.892. The quantitative estimate of drug-likeness (QED) is 0.816. The predicted molar refractivity (Wildman–Crippen MR) is 80.9 cm³/mol. The monoisotopic (exact) mass is 315 g/mol. The highest BCUT2D eigenvalue weighted by Gasteiger charge is 2.36. The zero-order valence-corrected chi connectivity index (χ0v) is 13.0. The van der Waals surface area contributed by atoms with Gasteiger partial charge in [0.25, 0.3) is 0 Å². The lowest BCUT2D eigenvalue weighted by molar-refractivity contribution is 0.190. The first-order chi connectivity index (χ1) is 9.95. The topological polar surface area (TPSA) is 84.9 Å². The van der Waals surface area contributed by atoms with Crippen molar-refractivity contribution >= 4 is 15.5 Å². The second kappa shape index (κ2) is 6.53. The van der Waals surface area contributed by atoms with E-state index < -0.39 is 22.0 Å². The van der Waals surface area contributed by atoms with Gasteiger partial charge in [0, 0.05) is 11.8 Å². The van der Waals surface area contributed by atoms with Crippen LogP contribution in [0.4, 0.5) is 5.69 Å². The minimum absolute atomic E-state index is 0.0641. The van der Waals surface area contributed by atoms with Gasteiger partial charge in [-0.1, -0.05) is 0 Å². The molecule has 1 aliphatic heterocycles. The number of benzene rings is 1. The van der Waals surface area contributed by atoms with Gasteiger partial charge in [0.2, 0.25) is 0 Å². The molecule has 0 spiro atoms. The first-order valence-corrected chi connectivity index (χ1v) is 8.82. The number of aliphatic hydroxyl groups is 1. The fourth-order valence-corrected chi connectivity index (χ4v) is 4.06. The van der Waals surface area contributed by atoms with E-state index in [1.54, 1.807) is 18.2 Å². The van der Waals surface area contributed by atoms with Crippen LogP contribution in [0.1, 0.15) is 13.8 Å². The highest BCUT2D eigenvalue weighted by atomic mass is 32.2. The number of hydrogen-bond donors (Lipinski definition) is 2. The summed E-state index contributed by atoms with van der Waals surface area (Å²) in [7, 11) is -3.17. The summed E-state index contributed by atoms with van der Waals surface area (Å²) in [5, 5.41) is 12.8. The normalized spacial score (nSPS) is 23.8. The van der Waals surface area contributed by atoms with Crippen LogP contribution in [0.15, 0.2) is 18.2 Å². The van der Waals surface area contributed by atoms with Gasteiger partial charge in [0.05, 0.1) is 36.9 Å². The van der Waals surface area contributed by atoms with Crippen molar-refractivity contribution in [2.45, 2.75) is 26.0 Å². The smallest absolute Gasteiger partial charge is 0.163 e. The van der Waals surface area contributed by atoms with E-state index in [1.807, 2.05) is 13.8 Å². The molecule has 2 atom stereocenters. The van der Waals surface area contributed by atoms with E-state index in [0.29, 0.717) is 30.4 Å². The summed E-state index contributed by atoms with van der Waals surface area (Å²) in [4.78, 5) is 0. The van der Waals surface area contributed by atoms with Crippen LogP contribution >= 0.6 is 0 Å². The van der Waals surface area contributed by atoms with Gasteiger partial charge in [-0.3, -0.25) is 0 Å². The average Bonchev–Trinajstić information content (AvgIpc) is 2.66. The Kier molecular flexibility index (Phi) is 4.95. The average molecular weight is 315 g/mol. The summed E-state index contributed by atoms with van der Waals surface area (Å²) in [6.45, 7) is 4.81. The molecule has 0 bridgehead atoms. The molecular formula is C14H21NO5S. The molecule has 21 heavy (non-hydrogen) atoms. The largest absolute Gasteiger partial charge is 0.490 e. The number of nitrogens with one attached hydrogen (secondary N) is 1. The Bertz CT molecular complexity index is 587. The van der Waals surface area contributed by atoms with Gasteiger partial charge >= 0.3 is 0 Å². The molecule has 0 amide bonds. The first kappa shape index (κ1) is 15.9. The Morgan fingerprint density at radius 3 is 2.43 bits per heavy atom. The Hall–Kier alpha value is -1.47. The lowest BCUT2D eigenvalue weighted by atomic mass is 10.2. The lowest BCUT2D eigenvalue weighted by Gasteiger charge is -2.18. The molecule has 0 aromatic heterocycles. The van der Waals surface area contributed by atoms with Crippen molar-refractivity contribution < 1.29 is 23.0 Å². The standard InChI is InChI=1S/C14H21NO5S/c1-3-19-13-6-5-10(7-14(13)20-4-2)15-11-8-21(17,18)9-12(11)16/h5-7,11-12,15-16H,3-4,8-9H2,1-2H3. The second-order valence-electron chi connectivity index (χ2n) is 4.92. The molecular weight excluding hydrogens is 294 g/mol. The van der Waals surface area contributed by atoms with Crippen molar-refractivity contribution in [3.63, 3.8) is 0 Å². The summed E-state index contributed by atoms with van der Waals surface area (Å²) in [5.74, 6) is 0.981. The molecule has 1 heterocycles. The van der Waals surface area contributed by atoms with Crippen LogP contribution in [0.2, 0.25) is 0 Å². The SMILES string of the molecule is CCOc1ccc(NC2CS(=O)(=O)CC2O)cc1OCC. The highest BCUT2D eigenvalue weighted by Crippen LogP contribution is 2.31. The third kappa shape index (κ3) is 4.01. The van der Waals surface area contributed by atoms with E-state index in [0.717, 1.165) is 0 Å². The fraction of sp³-hybridized carbons (Fsp3) is 0.571. The van der Waals surface area contributed by atoms with Crippen LogP contribution in [-0.4, -0.2) is 50.4 Å². The van der Waals surface area contributed by atoms with E-state index >= 15 is 0 Å². The Balaban J connectivity index is 2.15. The number of aliphatic hydroxyl groups excluding tert-OH is 1. The Morgan fingerprint density at radius 1 is 1.19 bits per heavy atom. The van der Waals surface area contributed by atoms with Gasteiger partial charge in [0.1, 0.15) is 0 Å². The molecule has 1 aromatic rings. The van der Waals surface area contributed by atoms with Crippen molar-refractivity contribution in [3.05, 3.63) is 18.2 Å². The molecule has 1 aliphatic rings. The lowest BCUT2D eigenvalue weighted by Crippen LogP contribution is -2.31. The van der Waals surface area contributed by atoms with E-state index in [9.17, 15) is 13.5 Å². The maximum Gasteiger partial charge on any atom is 0.163 e. The molecule has 1 saturated heterocycles. The molecule has 6 nitrogen and oxygen atoms in total. The van der Waals surface area contributed by atoms with Gasteiger partial charge in [-0.25, -0.2) is 8.42 Å². The molecule has 118 valence electrons. The number of sulfone groups is 1. The number of rotatable bonds is 6. The van der Waals surface area contributed by atoms with Crippen LogP contribution in [0.3, 0.4) is 0 Å². The van der Waals surface area contributed by atoms with Gasteiger partial charge < -0.3 is 19.9 Å². The van der Waals surface area contributed by atoms with E-state index in [-0.39, 0.29) is 11.5 Å². The zero-order chi connectivity index (χ0) is 15.5.